The first-order chi connectivity index (χ1) is 12.4. The Balaban J connectivity index is 1.96. The smallest absolute Gasteiger partial charge is 0.207 e. The average Bonchev–Trinajstić information content (AvgIpc) is 2.67. The van der Waals surface area contributed by atoms with Crippen LogP contribution in [0.25, 0.3) is 21.5 Å². The van der Waals surface area contributed by atoms with Gasteiger partial charge in [-0.1, -0.05) is 66.7 Å². The van der Waals surface area contributed by atoms with Crippen LogP contribution in [0, 0.1) is 0 Å². The van der Waals surface area contributed by atoms with E-state index in [1.165, 1.54) is 18.2 Å². The molecule has 0 radical (unpaired) electrons. The summed E-state index contributed by atoms with van der Waals surface area (Å²) in [6.07, 6.45) is 0. The van der Waals surface area contributed by atoms with Gasteiger partial charge >= 0.3 is 0 Å². The molecule has 0 heterocycles. The molecule has 4 aromatic carbocycles. The zero-order valence-corrected chi connectivity index (χ0v) is 15.2. The van der Waals surface area contributed by atoms with Gasteiger partial charge in [0, 0.05) is 5.39 Å². The molecule has 0 aliphatic carbocycles. The predicted octanol–water partition coefficient (Wildman–Crippen LogP) is 4.16. The Labute approximate surface area is 151 Å². The van der Waals surface area contributed by atoms with Crippen molar-refractivity contribution in [2.75, 3.05) is 0 Å². The highest BCUT2D eigenvalue weighted by molar-refractivity contribution is 8.67. The third kappa shape index (κ3) is 2.50. The minimum absolute atomic E-state index is 0.205. The SMILES string of the molecule is O=S(=O)(c1ccc2ccccc2c1)S(=O)(=O)c1cccc2ccccc12. The fourth-order valence-corrected chi connectivity index (χ4v) is 6.89. The molecule has 4 aromatic rings. The first-order valence-electron chi connectivity index (χ1n) is 7.88. The lowest BCUT2D eigenvalue weighted by atomic mass is 10.1. The van der Waals surface area contributed by atoms with Crippen molar-refractivity contribution in [3.05, 3.63) is 84.9 Å². The Morgan fingerprint density at radius 1 is 0.500 bits per heavy atom. The van der Waals surface area contributed by atoms with Crippen molar-refractivity contribution in [3.8, 4) is 0 Å². The molecule has 4 rings (SSSR count). The van der Waals surface area contributed by atoms with Crippen LogP contribution in [-0.4, -0.2) is 16.8 Å². The molecule has 0 saturated carbocycles. The zero-order valence-electron chi connectivity index (χ0n) is 13.5. The van der Waals surface area contributed by atoms with Crippen LogP contribution < -0.4 is 0 Å². The third-order valence-corrected chi connectivity index (χ3v) is 9.47. The second-order valence-electron chi connectivity index (χ2n) is 5.89. The number of fused-ring (bicyclic) bond motifs is 2. The van der Waals surface area contributed by atoms with E-state index in [-0.39, 0.29) is 9.79 Å². The van der Waals surface area contributed by atoms with E-state index in [0.717, 1.165) is 5.39 Å². The quantitative estimate of drug-likeness (QED) is 0.499. The van der Waals surface area contributed by atoms with Crippen LogP contribution in [0.3, 0.4) is 0 Å². The molecule has 0 aromatic heterocycles. The third-order valence-electron chi connectivity index (χ3n) is 4.32. The minimum atomic E-state index is -4.61. The normalized spacial score (nSPS) is 12.5. The molecule has 0 atom stereocenters. The van der Waals surface area contributed by atoms with Gasteiger partial charge in [-0.2, -0.15) is 0 Å². The Bertz CT molecular complexity index is 1350. The van der Waals surface area contributed by atoms with Gasteiger partial charge in [0.25, 0.3) is 17.7 Å². The molecule has 130 valence electrons. The lowest BCUT2D eigenvalue weighted by molar-refractivity contribution is 0.583. The second-order valence-corrected chi connectivity index (χ2v) is 11.3. The zero-order chi connectivity index (χ0) is 18.4. The van der Waals surface area contributed by atoms with Crippen molar-refractivity contribution in [2.24, 2.45) is 0 Å². The molecular formula is C20H14O4S2. The van der Waals surface area contributed by atoms with E-state index in [4.69, 9.17) is 0 Å². The number of benzene rings is 4. The van der Waals surface area contributed by atoms with Gasteiger partial charge < -0.3 is 0 Å². The molecule has 4 nitrogen and oxygen atoms in total. The fourth-order valence-electron chi connectivity index (χ4n) is 2.98. The van der Waals surface area contributed by atoms with Gasteiger partial charge in [-0.05, 0) is 34.4 Å². The van der Waals surface area contributed by atoms with Crippen molar-refractivity contribution in [3.63, 3.8) is 0 Å². The van der Waals surface area contributed by atoms with Crippen LogP contribution in [0.15, 0.2) is 94.7 Å². The topological polar surface area (TPSA) is 68.3 Å². The Hall–Kier alpha value is -2.70. The van der Waals surface area contributed by atoms with Crippen LogP contribution in [0.4, 0.5) is 0 Å². The molecule has 0 bridgehead atoms. The first-order valence-corrected chi connectivity index (χ1v) is 11.4. The number of hydrogen-bond donors (Lipinski definition) is 0. The van der Waals surface area contributed by atoms with Crippen LogP contribution in [-0.2, 0) is 17.7 Å². The van der Waals surface area contributed by atoms with Crippen molar-refractivity contribution in [1.82, 2.24) is 0 Å². The second kappa shape index (κ2) is 5.93. The molecular weight excluding hydrogens is 368 g/mol. The summed E-state index contributed by atoms with van der Waals surface area (Å²) >= 11 is 0. The summed E-state index contributed by atoms with van der Waals surface area (Å²) in [6, 6.07) is 23.0. The van der Waals surface area contributed by atoms with Crippen LogP contribution in [0.5, 0.6) is 0 Å². The molecule has 0 unspecified atom stereocenters. The standard InChI is InChI=1S/C20H14O4S2/c21-25(22,18-13-12-15-6-1-2-8-17(15)14-18)26(23,24)20-11-5-9-16-7-3-4-10-19(16)20/h1-14H. The van der Waals surface area contributed by atoms with Gasteiger partial charge in [0.15, 0.2) is 0 Å². The molecule has 0 aliphatic rings. The molecule has 0 fully saturated rings. The minimum Gasteiger partial charge on any atom is -0.207 e. The largest absolute Gasteiger partial charge is 0.286 e. The van der Waals surface area contributed by atoms with Crippen molar-refractivity contribution < 1.29 is 16.8 Å². The highest BCUT2D eigenvalue weighted by atomic mass is 33.2. The van der Waals surface area contributed by atoms with Gasteiger partial charge in [-0.25, -0.2) is 16.8 Å². The molecule has 26 heavy (non-hydrogen) atoms. The predicted molar refractivity (Wildman–Crippen MR) is 102 cm³/mol. The van der Waals surface area contributed by atoms with E-state index < -0.39 is 17.7 Å². The summed E-state index contributed by atoms with van der Waals surface area (Å²) < 4.78 is 51.9. The maximum absolute atomic E-state index is 13.0. The van der Waals surface area contributed by atoms with E-state index in [9.17, 15) is 16.8 Å². The van der Waals surface area contributed by atoms with Crippen molar-refractivity contribution >= 4 is 39.3 Å². The highest BCUT2D eigenvalue weighted by Gasteiger charge is 2.35. The van der Waals surface area contributed by atoms with E-state index in [2.05, 4.69) is 0 Å². The molecule has 0 spiro atoms. The maximum Gasteiger partial charge on any atom is 0.286 e. The summed E-state index contributed by atoms with van der Waals surface area (Å²) in [6.45, 7) is 0. The number of rotatable bonds is 3. The summed E-state index contributed by atoms with van der Waals surface area (Å²) in [4.78, 5) is -0.437. The van der Waals surface area contributed by atoms with Crippen molar-refractivity contribution in [1.29, 1.82) is 0 Å². The molecule has 0 N–H and O–H groups in total. The summed E-state index contributed by atoms with van der Waals surface area (Å²) in [7, 11) is -9.22. The molecule has 0 aliphatic heterocycles. The van der Waals surface area contributed by atoms with Gasteiger partial charge in [0.1, 0.15) is 0 Å². The number of hydrogen-bond acceptors (Lipinski definition) is 4. The Morgan fingerprint density at radius 2 is 1.12 bits per heavy atom. The Morgan fingerprint density at radius 3 is 1.88 bits per heavy atom. The van der Waals surface area contributed by atoms with Gasteiger partial charge in [-0.3, -0.25) is 0 Å². The van der Waals surface area contributed by atoms with E-state index >= 15 is 0 Å². The first kappa shape index (κ1) is 16.8. The molecule has 6 heteroatoms. The fraction of sp³-hybridized carbons (Fsp3) is 0. The lowest BCUT2D eigenvalue weighted by Gasteiger charge is -2.10. The Kier molecular flexibility index (Phi) is 3.82. The lowest BCUT2D eigenvalue weighted by Crippen LogP contribution is -2.16. The molecule has 0 amide bonds. The molecule has 0 saturated heterocycles. The van der Waals surface area contributed by atoms with Gasteiger partial charge in [0.2, 0.25) is 0 Å². The summed E-state index contributed by atoms with van der Waals surface area (Å²) in [5.74, 6) is 0. The van der Waals surface area contributed by atoms with E-state index in [1.54, 1.807) is 54.6 Å². The van der Waals surface area contributed by atoms with E-state index in [1.807, 2.05) is 12.1 Å². The highest BCUT2D eigenvalue weighted by Crippen LogP contribution is 2.31. The van der Waals surface area contributed by atoms with Crippen molar-refractivity contribution in [2.45, 2.75) is 9.79 Å². The average molecular weight is 382 g/mol. The van der Waals surface area contributed by atoms with Crippen LogP contribution >= 0.6 is 0 Å². The maximum atomic E-state index is 13.0. The summed E-state index contributed by atoms with van der Waals surface area (Å²) in [5, 5.41) is 2.57. The monoisotopic (exact) mass is 382 g/mol. The van der Waals surface area contributed by atoms with E-state index in [0.29, 0.717) is 16.2 Å². The van der Waals surface area contributed by atoms with Gasteiger partial charge in [0.05, 0.1) is 9.79 Å². The summed E-state index contributed by atoms with van der Waals surface area (Å²) in [5.41, 5.74) is 0. The van der Waals surface area contributed by atoms with Gasteiger partial charge in [-0.15, -0.1) is 0 Å². The van der Waals surface area contributed by atoms with Crippen LogP contribution in [0.1, 0.15) is 0 Å². The van der Waals surface area contributed by atoms with Crippen LogP contribution in [0.2, 0.25) is 0 Å².